The number of nitrogens with two attached hydrogens (primary N) is 1. The van der Waals surface area contributed by atoms with Crippen LogP contribution >= 0.6 is 0 Å². The summed E-state index contributed by atoms with van der Waals surface area (Å²) in [6.07, 6.45) is 1.11. The Hall–Kier alpha value is -1.26. The number of hydrogen-bond acceptors (Lipinski definition) is 4. The molecule has 0 heterocycles. The molecule has 102 valence electrons. The average molecular weight is 252 g/mol. The van der Waals surface area contributed by atoms with Gasteiger partial charge >= 0.3 is 0 Å². The fraction of sp³-hybridized carbons (Fsp3) is 0.571. The standard InChI is InChI=1S/C14H24N2O2/c1-4-11(8-15)9-16-10-12-5-6-13(17-2)14(7-12)18-3/h5-7,11,16H,4,8-10,15H2,1-3H3. The molecule has 1 atom stereocenters. The van der Waals surface area contributed by atoms with Crippen molar-refractivity contribution in [1.82, 2.24) is 5.32 Å². The number of nitrogens with one attached hydrogen (secondary N) is 1. The van der Waals surface area contributed by atoms with Crippen LogP contribution < -0.4 is 20.5 Å². The Balaban J connectivity index is 2.52. The quantitative estimate of drug-likeness (QED) is 0.740. The Morgan fingerprint density at radius 3 is 2.50 bits per heavy atom. The maximum atomic E-state index is 5.67. The van der Waals surface area contributed by atoms with Gasteiger partial charge in [0.25, 0.3) is 0 Å². The van der Waals surface area contributed by atoms with E-state index in [4.69, 9.17) is 15.2 Å². The molecule has 0 radical (unpaired) electrons. The highest BCUT2D eigenvalue weighted by molar-refractivity contribution is 5.42. The van der Waals surface area contributed by atoms with Crippen LogP contribution in [0.25, 0.3) is 0 Å². The van der Waals surface area contributed by atoms with Crippen molar-refractivity contribution in [2.75, 3.05) is 27.3 Å². The molecular formula is C14H24N2O2. The first kappa shape index (κ1) is 14.8. The number of hydrogen-bond donors (Lipinski definition) is 2. The van der Waals surface area contributed by atoms with Crippen LogP contribution in [0, 0.1) is 5.92 Å². The molecule has 4 nitrogen and oxygen atoms in total. The highest BCUT2D eigenvalue weighted by Gasteiger charge is 2.06. The van der Waals surface area contributed by atoms with Gasteiger partial charge in [0.1, 0.15) is 0 Å². The summed E-state index contributed by atoms with van der Waals surface area (Å²) in [6, 6.07) is 5.96. The fourth-order valence-electron chi connectivity index (χ4n) is 1.81. The Bertz CT molecular complexity index is 352. The largest absolute Gasteiger partial charge is 0.493 e. The Morgan fingerprint density at radius 2 is 1.94 bits per heavy atom. The zero-order valence-corrected chi connectivity index (χ0v) is 11.5. The third-order valence-corrected chi connectivity index (χ3v) is 3.12. The van der Waals surface area contributed by atoms with Crippen LogP contribution in [-0.4, -0.2) is 27.3 Å². The summed E-state index contributed by atoms with van der Waals surface area (Å²) in [5, 5.41) is 3.42. The van der Waals surface area contributed by atoms with Crippen molar-refractivity contribution < 1.29 is 9.47 Å². The van der Waals surface area contributed by atoms with Gasteiger partial charge in [-0.2, -0.15) is 0 Å². The van der Waals surface area contributed by atoms with Gasteiger partial charge in [0.15, 0.2) is 11.5 Å². The minimum atomic E-state index is 0.546. The third-order valence-electron chi connectivity index (χ3n) is 3.12. The van der Waals surface area contributed by atoms with Crippen LogP contribution in [0.5, 0.6) is 11.5 Å². The maximum absolute atomic E-state index is 5.67. The molecule has 3 N–H and O–H groups in total. The predicted octanol–water partition coefficient (Wildman–Crippen LogP) is 1.78. The highest BCUT2D eigenvalue weighted by Crippen LogP contribution is 2.27. The van der Waals surface area contributed by atoms with Crippen LogP contribution in [-0.2, 0) is 6.54 Å². The average Bonchev–Trinajstić information content (AvgIpc) is 2.43. The SMILES string of the molecule is CCC(CN)CNCc1ccc(OC)c(OC)c1. The summed E-state index contributed by atoms with van der Waals surface area (Å²) < 4.78 is 10.5. The Morgan fingerprint density at radius 1 is 1.22 bits per heavy atom. The minimum absolute atomic E-state index is 0.546. The molecule has 1 rings (SSSR count). The Labute approximate surface area is 109 Å². The zero-order valence-electron chi connectivity index (χ0n) is 11.5. The molecule has 1 aromatic carbocycles. The summed E-state index contributed by atoms with van der Waals surface area (Å²) >= 11 is 0. The van der Waals surface area contributed by atoms with Crippen LogP contribution in [0.4, 0.5) is 0 Å². The molecule has 0 aromatic heterocycles. The second-order valence-electron chi connectivity index (χ2n) is 4.33. The lowest BCUT2D eigenvalue weighted by molar-refractivity contribution is 0.354. The van der Waals surface area contributed by atoms with Gasteiger partial charge in [0.2, 0.25) is 0 Å². The van der Waals surface area contributed by atoms with Gasteiger partial charge in [0, 0.05) is 6.54 Å². The summed E-state index contributed by atoms with van der Waals surface area (Å²) in [7, 11) is 3.29. The minimum Gasteiger partial charge on any atom is -0.493 e. The molecular weight excluding hydrogens is 228 g/mol. The van der Waals surface area contributed by atoms with Gasteiger partial charge < -0.3 is 20.5 Å². The van der Waals surface area contributed by atoms with E-state index in [2.05, 4.69) is 12.2 Å². The molecule has 1 aromatic rings. The first-order valence-corrected chi connectivity index (χ1v) is 6.36. The van der Waals surface area contributed by atoms with Crippen molar-refractivity contribution in [2.24, 2.45) is 11.7 Å². The van der Waals surface area contributed by atoms with E-state index in [9.17, 15) is 0 Å². The van der Waals surface area contributed by atoms with Crippen molar-refractivity contribution in [3.05, 3.63) is 23.8 Å². The summed E-state index contributed by atoms with van der Waals surface area (Å²) in [5.74, 6) is 2.07. The van der Waals surface area contributed by atoms with E-state index in [1.54, 1.807) is 14.2 Å². The zero-order chi connectivity index (χ0) is 13.4. The summed E-state index contributed by atoms with van der Waals surface area (Å²) in [5.41, 5.74) is 6.85. The van der Waals surface area contributed by atoms with E-state index in [0.29, 0.717) is 5.92 Å². The van der Waals surface area contributed by atoms with Gasteiger partial charge in [-0.1, -0.05) is 19.4 Å². The summed E-state index contributed by atoms with van der Waals surface area (Å²) in [4.78, 5) is 0. The van der Waals surface area contributed by atoms with E-state index in [1.165, 1.54) is 5.56 Å². The second-order valence-corrected chi connectivity index (χ2v) is 4.33. The molecule has 0 amide bonds. The molecule has 0 saturated heterocycles. The van der Waals surface area contributed by atoms with Crippen molar-refractivity contribution in [2.45, 2.75) is 19.9 Å². The fourth-order valence-corrected chi connectivity index (χ4v) is 1.81. The second kappa shape index (κ2) is 7.95. The highest BCUT2D eigenvalue weighted by atomic mass is 16.5. The van der Waals surface area contributed by atoms with E-state index >= 15 is 0 Å². The van der Waals surface area contributed by atoms with Gasteiger partial charge in [-0.05, 0) is 36.7 Å². The van der Waals surface area contributed by atoms with Gasteiger partial charge in [-0.15, -0.1) is 0 Å². The van der Waals surface area contributed by atoms with Crippen LogP contribution in [0.15, 0.2) is 18.2 Å². The first-order valence-electron chi connectivity index (χ1n) is 6.36. The molecule has 0 aliphatic heterocycles. The molecule has 18 heavy (non-hydrogen) atoms. The lowest BCUT2D eigenvalue weighted by atomic mass is 10.1. The third kappa shape index (κ3) is 4.20. The van der Waals surface area contributed by atoms with E-state index in [-0.39, 0.29) is 0 Å². The van der Waals surface area contributed by atoms with E-state index < -0.39 is 0 Å². The maximum Gasteiger partial charge on any atom is 0.161 e. The van der Waals surface area contributed by atoms with E-state index in [0.717, 1.165) is 37.6 Å². The molecule has 1 unspecified atom stereocenters. The topological polar surface area (TPSA) is 56.5 Å². The Kier molecular flexibility index (Phi) is 6.54. The molecule has 4 heteroatoms. The van der Waals surface area contributed by atoms with Crippen molar-refractivity contribution in [1.29, 1.82) is 0 Å². The molecule has 0 aliphatic carbocycles. The molecule has 0 spiro atoms. The first-order chi connectivity index (χ1) is 8.74. The normalized spacial score (nSPS) is 12.2. The van der Waals surface area contributed by atoms with Crippen molar-refractivity contribution >= 4 is 0 Å². The summed E-state index contributed by atoms with van der Waals surface area (Å²) in [6.45, 7) is 4.66. The number of methoxy groups -OCH3 is 2. The number of benzene rings is 1. The van der Waals surface area contributed by atoms with Crippen LogP contribution in [0.1, 0.15) is 18.9 Å². The van der Waals surface area contributed by atoms with Gasteiger partial charge in [-0.3, -0.25) is 0 Å². The number of rotatable bonds is 8. The molecule has 0 bridgehead atoms. The lowest BCUT2D eigenvalue weighted by Gasteiger charge is -2.14. The molecule has 0 saturated carbocycles. The molecule has 0 aliphatic rings. The number of ether oxygens (including phenoxy) is 2. The lowest BCUT2D eigenvalue weighted by Crippen LogP contribution is -2.27. The van der Waals surface area contributed by atoms with Crippen LogP contribution in [0.3, 0.4) is 0 Å². The van der Waals surface area contributed by atoms with Crippen LogP contribution in [0.2, 0.25) is 0 Å². The monoisotopic (exact) mass is 252 g/mol. The van der Waals surface area contributed by atoms with E-state index in [1.807, 2.05) is 18.2 Å². The smallest absolute Gasteiger partial charge is 0.161 e. The predicted molar refractivity (Wildman–Crippen MR) is 74.1 cm³/mol. The van der Waals surface area contributed by atoms with Crippen molar-refractivity contribution in [3.63, 3.8) is 0 Å². The van der Waals surface area contributed by atoms with Crippen molar-refractivity contribution in [3.8, 4) is 11.5 Å². The van der Waals surface area contributed by atoms with Gasteiger partial charge in [-0.25, -0.2) is 0 Å². The molecule has 0 fully saturated rings. The van der Waals surface area contributed by atoms with Gasteiger partial charge in [0.05, 0.1) is 14.2 Å².